The monoisotopic (exact) mass is 421 g/mol. The van der Waals surface area contributed by atoms with Gasteiger partial charge in [-0.1, -0.05) is 45.0 Å². The van der Waals surface area contributed by atoms with Gasteiger partial charge in [-0.3, -0.25) is 4.98 Å². The first-order chi connectivity index (χ1) is 14.9. The van der Waals surface area contributed by atoms with E-state index in [4.69, 9.17) is 9.40 Å². The molecule has 3 heteroatoms. The highest BCUT2D eigenvalue weighted by molar-refractivity contribution is 7.19. The van der Waals surface area contributed by atoms with Crippen molar-refractivity contribution in [1.82, 2.24) is 4.98 Å². The molecular weight excluding hydrogens is 398 g/mol. The number of nitrogens with zero attached hydrogens (tertiary/aromatic N) is 1. The molecule has 0 fully saturated rings. The van der Waals surface area contributed by atoms with Crippen LogP contribution in [0, 0.1) is 6.92 Å². The van der Waals surface area contributed by atoms with Crippen LogP contribution in [0.15, 0.2) is 71.3 Å². The van der Waals surface area contributed by atoms with E-state index < -0.39 is 0 Å². The number of pyridine rings is 1. The largest absolute Gasteiger partial charge is 0.455 e. The molecule has 31 heavy (non-hydrogen) atoms. The Bertz CT molecular complexity index is 1630. The van der Waals surface area contributed by atoms with Crippen LogP contribution in [-0.4, -0.2) is 4.98 Å². The molecule has 0 aliphatic rings. The lowest BCUT2D eigenvalue weighted by Gasteiger charge is -2.22. The number of aryl methyl sites for hydroxylation is 1. The van der Waals surface area contributed by atoms with Crippen LogP contribution in [0.25, 0.3) is 54.1 Å². The van der Waals surface area contributed by atoms with Gasteiger partial charge >= 0.3 is 0 Å². The molecule has 152 valence electrons. The maximum absolute atomic E-state index is 6.39. The van der Waals surface area contributed by atoms with E-state index in [0.717, 1.165) is 33.2 Å². The van der Waals surface area contributed by atoms with Crippen LogP contribution in [0.4, 0.5) is 0 Å². The lowest BCUT2D eigenvalue weighted by atomic mass is 9.82. The summed E-state index contributed by atoms with van der Waals surface area (Å²) in [4.78, 5) is 6.15. The third-order valence-corrected chi connectivity index (χ3v) is 7.13. The molecule has 3 aromatic heterocycles. The minimum atomic E-state index is 0.0301. The fourth-order valence-corrected chi connectivity index (χ4v) is 5.63. The van der Waals surface area contributed by atoms with Crippen LogP contribution < -0.4 is 0 Å². The summed E-state index contributed by atoms with van der Waals surface area (Å²) in [6.07, 6.45) is 1.86. The SMILES string of the molecule is Cc1cc2c(ccc3c2oc2ccnc(-c4cc(C(C)(C)C)c5ccccc5c4)c23)s1. The summed E-state index contributed by atoms with van der Waals surface area (Å²) in [5.74, 6) is 0. The van der Waals surface area contributed by atoms with E-state index in [9.17, 15) is 0 Å². The Hall–Kier alpha value is -3.17. The van der Waals surface area contributed by atoms with Crippen molar-refractivity contribution < 1.29 is 4.42 Å². The molecule has 0 saturated heterocycles. The van der Waals surface area contributed by atoms with Crippen molar-refractivity contribution in [3.8, 4) is 11.3 Å². The molecule has 0 spiro atoms. The van der Waals surface area contributed by atoms with Gasteiger partial charge in [0.2, 0.25) is 0 Å². The third-order valence-electron chi connectivity index (χ3n) is 6.11. The quantitative estimate of drug-likeness (QED) is 0.265. The summed E-state index contributed by atoms with van der Waals surface area (Å²) in [6, 6.07) is 21.8. The Labute approximate surface area is 185 Å². The fourth-order valence-electron chi connectivity index (χ4n) is 4.71. The average molecular weight is 422 g/mol. The van der Waals surface area contributed by atoms with Gasteiger partial charge in [-0.15, -0.1) is 11.3 Å². The number of rotatable bonds is 1. The molecule has 3 heterocycles. The Morgan fingerprint density at radius 1 is 0.871 bits per heavy atom. The second-order valence-electron chi connectivity index (χ2n) is 9.34. The second kappa shape index (κ2) is 6.41. The summed E-state index contributed by atoms with van der Waals surface area (Å²) in [5, 5.41) is 5.97. The van der Waals surface area contributed by atoms with E-state index in [0.29, 0.717) is 0 Å². The molecule has 0 aliphatic heterocycles. The Morgan fingerprint density at radius 2 is 1.71 bits per heavy atom. The zero-order valence-electron chi connectivity index (χ0n) is 18.1. The van der Waals surface area contributed by atoms with Crippen LogP contribution in [0.5, 0.6) is 0 Å². The predicted molar refractivity (Wildman–Crippen MR) is 133 cm³/mol. The number of aromatic nitrogens is 1. The van der Waals surface area contributed by atoms with Gasteiger partial charge in [0, 0.05) is 32.1 Å². The highest BCUT2D eigenvalue weighted by atomic mass is 32.1. The number of benzene rings is 3. The summed E-state index contributed by atoms with van der Waals surface area (Å²) < 4.78 is 7.66. The first-order valence-electron chi connectivity index (χ1n) is 10.6. The van der Waals surface area contributed by atoms with Crippen LogP contribution in [0.3, 0.4) is 0 Å². The van der Waals surface area contributed by atoms with Crippen LogP contribution in [0.2, 0.25) is 0 Å². The zero-order valence-corrected chi connectivity index (χ0v) is 18.9. The van der Waals surface area contributed by atoms with E-state index >= 15 is 0 Å². The molecule has 0 unspecified atom stereocenters. The lowest BCUT2D eigenvalue weighted by molar-refractivity contribution is 0.596. The highest BCUT2D eigenvalue weighted by Gasteiger charge is 2.21. The van der Waals surface area contributed by atoms with Gasteiger partial charge < -0.3 is 4.42 Å². The van der Waals surface area contributed by atoms with Crippen molar-refractivity contribution in [2.45, 2.75) is 33.1 Å². The van der Waals surface area contributed by atoms with Gasteiger partial charge in [-0.2, -0.15) is 0 Å². The van der Waals surface area contributed by atoms with E-state index in [1.54, 1.807) is 0 Å². The molecular formula is C28H23NOS. The summed E-state index contributed by atoms with van der Waals surface area (Å²) in [6.45, 7) is 8.97. The molecule has 0 amide bonds. The van der Waals surface area contributed by atoms with Crippen LogP contribution in [-0.2, 0) is 5.41 Å². The minimum Gasteiger partial charge on any atom is -0.455 e. The smallest absolute Gasteiger partial charge is 0.144 e. The van der Waals surface area contributed by atoms with Gasteiger partial charge in [0.25, 0.3) is 0 Å². The molecule has 0 bridgehead atoms. The van der Waals surface area contributed by atoms with Gasteiger partial charge in [0.15, 0.2) is 0 Å². The first kappa shape index (κ1) is 18.6. The van der Waals surface area contributed by atoms with Gasteiger partial charge in [0.05, 0.1) is 11.1 Å². The molecule has 0 atom stereocenters. The maximum atomic E-state index is 6.39. The number of hydrogen-bond donors (Lipinski definition) is 0. The average Bonchev–Trinajstić information content (AvgIpc) is 3.31. The zero-order chi connectivity index (χ0) is 21.3. The Morgan fingerprint density at radius 3 is 2.55 bits per heavy atom. The van der Waals surface area contributed by atoms with Crippen LogP contribution >= 0.6 is 11.3 Å². The Kier molecular flexibility index (Phi) is 3.85. The standard InChI is InChI=1S/C28H23NOS/c1-16-13-21-24(31-16)10-9-20-25-23(30-27(20)21)11-12-29-26(25)18-14-17-7-5-6-8-19(17)22(15-18)28(2,3)4/h5-15H,1-4H3. The highest BCUT2D eigenvalue weighted by Crippen LogP contribution is 2.42. The second-order valence-corrected chi connectivity index (χ2v) is 10.6. The fraction of sp³-hybridized carbons (Fsp3) is 0.179. The number of hydrogen-bond acceptors (Lipinski definition) is 3. The van der Waals surface area contributed by atoms with E-state index in [2.05, 4.69) is 82.3 Å². The first-order valence-corrected chi connectivity index (χ1v) is 11.5. The third kappa shape index (κ3) is 2.80. The molecule has 3 aromatic carbocycles. The molecule has 0 aliphatic carbocycles. The number of furan rings is 1. The van der Waals surface area contributed by atoms with Crippen molar-refractivity contribution in [2.75, 3.05) is 0 Å². The topological polar surface area (TPSA) is 26.0 Å². The summed E-state index contributed by atoms with van der Waals surface area (Å²) in [5.41, 5.74) is 5.34. The van der Waals surface area contributed by atoms with E-state index in [1.165, 1.54) is 31.3 Å². The molecule has 0 N–H and O–H groups in total. The van der Waals surface area contributed by atoms with Gasteiger partial charge in [-0.25, -0.2) is 0 Å². The van der Waals surface area contributed by atoms with Crippen molar-refractivity contribution in [2.24, 2.45) is 0 Å². The van der Waals surface area contributed by atoms with Gasteiger partial charge in [0.1, 0.15) is 11.2 Å². The lowest BCUT2D eigenvalue weighted by Crippen LogP contribution is -2.12. The molecule has 0 radical (unpaired) electrons. The summed E-state index contributed by atoms with van der Waals surface area (Å²) in [7, 11) is 0. The van der Waals surface area contributed by atoms with Crippen molar-refractivity contribution in [3.63, 3.8) is 0 Å². The molecule has 6 rings (SSSR count). The van der Waals surface area contributed by atoms with Crippen LogP contribution in [0.1, 0.15) is 31.2 Å². The number of fused-ring (bicyclic) bond motifs is 6. The Balaban J connectivity index is 1.72. The maximum Gasteiger partial charge on any atom is 0.144 e. The van der Waals surface area contributed by atoms with Crippen molar-refractivity contribution >= 4 is 54.1 Å². The summed E-state index contributed by atoms with van der Waals surface area (Å²) >= 11 is 1.81. The molecule has 6 aromatic rings. The normalized spacial score (nSPS) is 12.5. The molecule has 2 nitrogen and oxygen atoms in total. The minimum absolute atomic E-state index is 0.0301. The number of thiophene rings is 1. The van der Waals surface area contributed by atoms with E-state index in [-0.39, 0.29) is 5.41 Å². The van der Waals surface area contributed by atoms with E-state index in [1.807, 2.05) is 23.6 Å². The van der Waals surface area contributed by atoms with Crippen molar-refractivity contribution in [1.29, 1.82) is 0 Å². The predicted octanol–water partition coefficient (Wildman–Crippen LogP) is 8.62. The van der Waals surface area contributed by atoms with Crippen molar-refractivity contribution in [3.05, 3.63) is 77.3 Å². The molecule has 0 saturated carbocycles. The van der Waals surface area contributed by atoms with Gasteiger partial charge in [-0.05, 0) is 65.1 Å².